The Kier molecular flexibility index (Phi) is 2.45. The molecule has 1 aromatic rings. The summed E-state index contributed by atoms with van der Waals surface area (Å²) < 4.78 is 0. The van der Waals surface area contributed by atoms with Crippen molar-refractivity contribution in [1.29, 1.82) is 0 Å². The topological polar surface area (TPSA) is 57.5 Å². The molecule has 0 heterocycles. The van der Waals surface area contributed by atoms with Gasteiger partial charge in [-0.15, -0.1) is 0 Å². The number of carboxylic acid groups (broad SMARTS) is 1. The Morgan fingerprint density at radius 1 is 1.33 bits per heavy atom. The van der Waals surface area contributed by atoms with Gasteiger partial charge in [-0.25, -0.2) is 4.79 Å². The fraction of sp³-hybridized carbons (Fsp3) is 0. The standard InChI is InChI=1S/C7H4Cl2O3/c8-4-2-1-3(7(11)12)6(10)5(4)9/h1-2,10H,(H,11,12). The highest BCUT2D eigenvalue weighted by atomic mass is 35.5. The van der Waals surface area contributed by atoms with Crippen molar-refractivity contribution in [2.45, 2.75) is 0 Å². The van der Waals surface area contributed by atoms with Gasteiger partial charge < -0.3 is 10.2 Å². The first-order chi connectivity index (χ1) is 5.54. The van der Waals surface area contributed by atoms with Crippen LogP contribution in [0.4, 0.5) is 0 Å². The third-order valence-corrected chi connectivity index (χ3v) is 2.09. The van der Waals surface area contributed by atoms with Gasteiger partial charge in [-0.3, -0.25) is 0 Å². The van der Waals surface area contributed by atoms with Gasteiger partial charge in [0.1, 0.15) is 16.3 Å². The molecule has 0 spiro atoms. The Bertz CT molecular complexity index is 336. The maximum atomic E-state index is 10.4. The second-order valence-electron chi connectivity index (χ2n) is 2.06. The van der Waals surface area contributed by atoms with Gasteiger partial charge in [-0.05, 0) is 12.1 Å². The van der Waals surface area contributed by atoms with Crippen LogP contribution in [0.3, 0.4) is 0 Å². The van der Waals surface area contributed by atoms with Crippen LogP contribution >= 0.6 is 23.2 Å². The number of hydrogen-bond donors (Lipinski definition) is 2. The Balaban J connectivity index is 3.36. The lowest BCUT2D eigenvalue weighted by Gasteiger charge is -2.02. The molecule has 0 aliphatic rings. The first-order valence-electron chi connectivity index (χ1n) is 2.94. The largest absolute Gasteiger partial charge is 0.505 e. The van der Waals surface area contributed by atoms with E-state index in [1.165, 1.54) is 12.1 Å². The number of aromatic hydroxyl groups is 1. The Morgan fingerprint density at radius 3 is 2.42 bits per heavy atom. The molecule has 0 fully saturated rings. The van der Waals surface area contributed by atoms with Crippen molar-refractivity contribution in [2.75, 3.05) is 0 Å². The lowest BCUT2D eigenvalue weighted by molar-refractivity contribution is 0.0694. The zero-order valence-corrected chi connectivity index (χ0v) is 7.23. The van der Waals surface area contributed by atoms with E-state index in [-0.39, 0.29) is 15.6 Å². The van der Waals surface area contributed by atoms with Crippen LogP contribution < -0.4 is 0 Å². The van der Waals surface area contributed by atoms with Crippen LogP contribution in [0, 0.1) is 0 Å². The summed E-state index contributed by atoms with van der Waals surface area (Å²) in [7, 11) is 0. The zero-order chi connectivity index (χ0) is 9.30. The Hall–Kier alpha value is -0.930. The van der Waals surface area contributed by atoms with Gasteiger partial charge in [0, 0.05) is 0 Å². The number of hydrogen-bond acceptors (Lipinski definition) is 2. The average Bonchev–Trinajstić information content (AvgIpc) is 2.00. The molecule has 0 amide bonds. The molecule has 0 saturated carbocycles. The molecule has 3 nitrogen and oxygen atoms in total. The maximum Gasteiger partial charge on any atom is 0.339 e. The highest BCUT2D eigenvalue weighted by Gasteiger charge is 2.14. The molecule has 5 heteroatoms. The summed E-state index contributed by atoms with van der Waals surface area (Å²) in [6.07, 6.45) is 0. The van der Waals surface area contributed by atoms with E-state index in [4.69, 9.17) is 33.4 Å². The third kappa shape index (κ3) is 1.47. The van der Waals surface area contributed by atoms with Crippen LogP contribution in [0.2, 0.25) is 10.0 Å². The fourth-order valence-corrected chi connectivity index (χ4v) is 1.03. The predicted octanol–water partition coefficient (Wildman–Crippen LogP) is 2.40. The molecule has 1 rings (SSSR count). The third-order valence-electron chi connectivity index (χ3n) is 1.30. The summed E-state index contributed by atoms with van der Waals surface area (Å²) in [4.78, 5) is 10.4. The van der Waals surface area contributed by atoms with E-state index in [9.17, 15) is 4.79 Å². The molecule has 1 aromatic carbocycles. The van der Waals surface area contributed by atoms with Crippen LogP contribution in [0.25, 0.3) is 0 Å². The smallest absolute Gasteiger partial charge is 0.339 e. The predicted molar refractivity (Wildman–Crippen MR) is 45.1 cm³/mol. The van der Waals surface area contributed by atoms with Crippen LogP contribution in [0.5, 0.6) is 5.75 Å². The number of carbonyl (C=O) groups is 1. The number of halogens is 2. The summed E-state index contributed by atoms with van der Waals surface area (Å²) in [5.41, 5.74) is -0.260. The normalized spacial score (nSPS) is 9.83. The van der Waals surface area contributed by atoms with E-state index in [1.807, 2.05) is 0 Å². The summed E-state index contributed by atoms with van der Waals surface area (Å²) in [6, 6.07) is 2.50. The SMILES string of the molecule is O=C(O)c1ccc(Cl)c(Cl)c1O. The molecule has 0 radical (unpaired) electrons. The lowest BCUT2D eigenvalue weighted by Crippen LogP contribution is -1.96. The lowest BCUT2D eigenvalue weighted by atomic mass is 10.2. The van der Waals surface area contributed by atoms with Crippen LogP contribution in [0.15, 0.2) is 12.1 Å². The minimum atomic E-state index is -1.24. The number of carboxylic acids is 1. The van der Waals surface area contributed by atoms with Crippen molar-refractivity contribution in [3.05, 3.63) is 27.7 Å². The van der Waals surface area contributed by atoms with E-state index in [0.29, 0.717) is 0 Å². The minimum absolute atomic E-state index is 0.124. The van der Waals surface area contributed by atoms with Crippen LogP contribution in [0.1, 0.15) is 10.4 Å². The summed E-state index contributed by atoms with van der Waals surface area (Å²) in [5, 5.41) is 17.7. The molecule has 64 valence electrons. The van der Waals surface area contributed by atoms with Crippen molar-refractivity contribution in [1.82, 2.24) is 0 Å². The second-order valence-corrected chi connectivity index (χ2v) is 2.85. The van der Waals surface area contributed by atoms with Crippen molar-refractivity contribution in [3.63, 3.8) is 0 Å². The Labute approximate surface area is 78.2 Å². The molecular formula is C7H4Cl2O3. The van der Waals surface area contributed by atoms with Crippen molar-refractivity contribution >= 4 is 29.2 Å². The van der Waals surface area contributed by atoms with Crippen molar-refractivity contribution in [2.24, 2.45) is 0 Å². The molecule has 2 N–H and O–H groups in total. The van der Waals surface area contributed by atoms with Crippen LogP contribution in [-0.2, 0) is 0 Å². The monoisotopic (exact) mass is 206 g/mol. The van der Waals surface area contributed by atoms with Crippen molar-refractivity contribution in [3.8, 4) is 5.75 Å². The molecule has 0 aromatic heterocycles. The Morgan fingerprint density at radius 2 is 1.92 bits per heavy atom. The van der Waals surface area contributed by atoms with Gasteiger partial charge in [0.05, 0.1) is 5.02 Å². The zero-order valence-electron chi connectivity index (χ0n) is 5.71. The van der Waals surface area contributed by atoms with Crippen molar-refractivity contribution < 1.29 is 15.0 Å². The van der Waals surface area contributed by atoms with Gasteiger partial charge in [0.25, 0.3) is 0 Å². The summed E-state index contributed by atoms with van der Waals surface area (Å²) in [6.45, 7) is 0. The first kappa shape index (κ1) is 9.16. The molecule has 0 saturated heterocycles. The summed E-state index contributed by atoms with van der Waals surface area (Å²) >= 11 is 11.0. The number of phenols is 1. The van der Waals surface area contributed by atoms with Gasteiger partial charge in [-0.1, -0.05) is 23.2 Å². The maximum absolute atomic E-state index is 10.4. The summed E-state index contributed by atoms with van der Waals surface area (Å²) in [5.74, 6) is -1.75. The molecule has 0 unspecified atom stereocenters. The number of rotatable bonds is 1. The van der Waals surface area contributed by atoms with Gasteiger partial charge in [-0.2, -0.15) is 0 Å². The number of aromatic carboxylic acids is 1. The second kappa shape index (κ2) is 3.21. The van der Waals surface area contributed by atoms with Gasteiger partial charge in [0.2, 0.25) is 0 Å². The number of benzene rings is 1. The van der Waals surface area contributed by atoms with Gasteiger partial charge in [0.15, 0.2) is 0 Å². The molecule has 0 aliphatic carbocycles. The molecule has 0 bridgehead atoms. The molecule has 0 atom stereocenters. The van der Waals surface area contributed by atoms with E-state index in [1.54, 1.807) is 0 Å². The first-order valence-corrected chi connectivity index (χ1v) is 3.70. The molecule has 0 aliphatic heterocycles. The average molecular weight is 207 g/mol. The molecular weight excluding hydrogens is 203 g/mol. The van der Waals surface area contributed by atoms with E-state index < -0.39 is 11.7 Å². The quantitative estimate of drug-likeness (QED) is 0.743. The highest BCUT2D eigenvalue weighted by Crippen LogP contribution is 2.33. The minimum Gasteiger partial charge on any atom is -0.505 e. The highest BCUT2D eigenvalue weighted by molar-refractivity contribution is 6.43. The van der Waals surface area contributed by atoms with Gasteiger partial charge >= 0.3 is 5.97 Å². The molecule has 12 heavy (non-hydrogen) atoms. The van der Waals surface area contributed by atoms with E-state index in [0.717, 1.165) is 0 Å². The van der Waals surface area contributed by atoms with E-state index in [2.05, 4.69) is 0 Å². The van der Waals surface area contributed by atoms with Crippen LogP contribution in [-0.4, -0.2) is 16.2 Å². The van der Waals surface area contributed by atoms with E-state index >= 15 is 0 Å². The fourth-order valence-electron chi connectivity index (χ4n) is 0.713.